The molecular weight excluding hydrogens is 330 g/mol. The molecule has 26 heavy (non-hydrogen) atoms. The summed E-state index contributed by atoms with van der Waals surface area (Å²) in [5.41, 5.74) is 2.00. The normalized spacial score (nSPS) is 18.7. The molecule has 6 heteroatoms. The van der Waals surface area contributed by atoms with Gasteiger partial charge in [0.05, 0.1) is 17.6 Å². The van der Waals surface area contributed by atoms with Crippen molar-refractivity contribution in [3.63, 3.8) is 0 Å². The minimum absolute atomic E-state index is 0.207. The molecule has 0 saturated heterocycles. The summed E-state index contributed by atoms with van der Waals surface area (Å²) in [6.07, 6.45) is -1.06. The van der Waals surface area contributed by atoms with E-state index >= 15 is 0 Å². The number of ether oxygens (including phenoxy) is 2. The van der Waals surface area contributed by atoms with Gasteiger partial charge in [0, 0.05) is 6.54 Å². The van der Waals surface area contributed by atoms with Crippen molar-refractivity contribution in [3.8, 4) is 11.5 Å². The van der Waals surface area contributed by atoms with Crippen LogP contribution in [0.2, 0.25) is 0 Å². The van der Waals surface area contributed by atoms with Gasteiger partial charge in [0.1, 0.15) is 11.9 Å². The molecule has 1 aliphatic heterocycles. The van der Waals surface area contributed by atoms with Crippen molar-refractivity contribution < 1.29 is 14.3 Å². The molecule has 4 rings (SSSR count). The zero-order valence-corrected chi connectivity index (χ0v) is 14.8. The molecule has 1 aromatic heterocycles. The first-order chi connectivity index (χ1) is 12.7. The third-order valence-electron chi connectivity index (χ3n) is 4.57. The third kappa shape index (κ3) is 2.87. The van der Waals surface area contributed by atoms with Crippen LogP contribution in [-0.2, 0) is 17.9 Å². The van der Waals surface area contributed by atoms with Crippen molar-refractivity contribution in [3.05, 3.63) is 54.4 Å². The number of benzene rings is 2. The van der Waals surface area contributed by atoms with Gasteiger partial charge in [-0.25, -0.2) is 4.98 Å². The van der Waals surface area contributed by atoms with Crippen molar-refractivity contribution in [2.24, 2.45) is 0 Å². The van der Waals surface area contributed by atoms with Gasteiger partial charge in [-0.3, -0.25) is 4.79 Å². The van der Waals surface area contributed by atoms with Crippen molar-refractivity contribution in [1.29, 1.82) is 0 Å². The monoisotopic (exact) mass is 351 g/mol. The van der Waals surface area contributed by atoms with Crippen LogP contribution in [0.15, 0.2) is 48.5 Å². The molecule has 0 bridgehead atoms. The number of nitrogens with one attached hydrogen (secondary N) is 1. The van der Waals surface area contributed by atoms with Crippen LogP contribution >= 0.6 is 0 Å². The Morgan fingerprint density at radius 1 is 1.12 bits per heavy atom. The van der Waals surface area contributed by atoms with Gasteiger partial charge < -0.3 is 19.4 Å². The lowest BCUT2D eigenvalue weighted by molar-refractivity contribution is -0.133. The number of amides is 1. The van der Waals surface area contributed by atoms with Gasteiger partial charge in [0.2, 0.25) is 6.10 Å². The molecule has 3 aromatic rings. The van der Waals surface area contributed by atoms with Gasteiger partial charge in [0.25, 0.3) is 5.91 Å². The van der Waals surface area contributed by atoms with Crippen LogP contribution in [0.4, 0.5) is 0 Å². The van der Waals surface area contributed by atoms with E-state index in [4.69, 9.17) is 9.47 Å². The Labute approximate surface area is 151 Å². The second-order valence-electron chi connectivity index (χ2n) is 6.29. The smallest absolute Gasteiger partial charge is 0.265 e. The Kier molecular flexibility index (Phi) is 4.24. The van der Waals surface area contributed by atoms with Crippen LogP contribution in [0.5, 0.6) is 11.5 Å². The van der Waals surface area contributed by atoms with Gasteiger partial charge in [-0.2, -0.15) is 0 Å². The molecule has 1 aliphatic rings. The van der Waals surface area contributed by atoms with Gasteiger partial charge in [-0.1, -0.05) is 24.3 Å². The summed E-state index contributed by atoms with van der Waals surface area (Å²) in [6.45, 7) is 5.03. The second kappa shape index (κ2) is 6.71. The molecular formula is C20H21N3O3. The van der Waals surface area contributed by atoms with E-state index in [2.05, 4.69) is 21.8 Å². The fourth-order valence-corrected chi connectivity index (χ4v) is 3.29. The fraction of sp³-hybridized carbons (Fsp3) is 0.300. The summed E-state index contributed by atoms with van der Waals surface area (Å²) in [6, 6.07) is 15.3. The number of para-hydroxylation sites is 4. The van der Waals surface area contributed by atoms with Crippen LogP contribution < -0.4 is 14.8 Å². The highest BCUT2D eigenvalue weighted by Gasteiger charge is 2.34. The van der Waals surface area contributed by atoms with E-state index in [-0.39, 0.29) is 12.0 Å². The lowest BCUT2D eigenvalue weighted by Gasteiger charge is -2.31. The Morgan fingerprint density at radius 3 is 2.58 bits per heavy atom. The molecule has 0 spiro atoms. The molecule has 2 atom stereocenters. The number of aromatic nitrogens is 2. The molecule has 2 aromatic carbocycles. The van der Waals surface area contributed by atoms with Gasteiger partial charge in [-0.05, 0) is 38.1 Å². The number of aryl methyl sites for hydroxylation is 1. The van der Waals surface area contributed by atoms with Crippen LogP contribution in [-0.4, -0.2) is 27.7 Å². The fourth-order valence-electron chi connectivity index (χ4n) is 3.29. The summed E-state index contributed by atoms with van der Waals surface area (Å²) < 4.78 is 13.8. The number of hydrogen-bond acceptors (Lipinski definition) is 4. The first kappa shape index (κ1) is 16.4. The van der Waals surface area contributed by atoms with E-state index in [9.17, 15) is 4.79 Å². The molecule has 0 unspecified atom stereocenters. The standard InChI is InChI=1S/C20H21N3O3/c1-3-23-15-9-5-4-8-14(15)22-18(23)12-21-20(24)19-13(2)25-16-10-6-7-11-17(16)26-19/h4-11,13,19H,3,12H2,1-2H3,(H,21,24)/t13-,19+/m0/s1. The highest BCUT2D eigenvalue weighted by Crippen LogP contribution is 2.33. The van der Waals surface area contributed by atoms with E-state index in [0.29, 0.717) is 18.0 Å². The number of rotatable bonds is 4. The minimum atomic E-state index is -0.690. The second-order valence-corrected chi connectivity index (χ2v) is 6.29. The number of fused-ring (bicyclic) bond motifs is 2. The molecule has 1 amide bonds. The Hall–Kier alpha value is -3.02. The molecule has 0 aliphatic carbocycles. The molecule has 6 nitrogen and oxygen atoms in total. The predicted molar refractivity (Wildman–Crippen MR) is 98.2 cm³/mol. The van der Waals surface area contributed by atoms with E-state index in [1.807, 2.05) is 49.4 Å². The average molecular weight is 351 g/mol. The lowest BCUT2D eigenvalue weighted by atomic mass is 10.1. The van der Waals surface area contributed by atoms with Gasteiger partial charge in [0.15, 0.2) is 11.5 Å². The maximum atomic E-state index is 12.7. The summed E-state index contributed by atoms with van der Waals surface area (Å²) in [4.78, 5) is 17.3. The predicted octanol–water partition coefficient (Wildman–Crippen LogP) is 2.90. The number of hydrogen-bond donors (Lipinski definition) is 1. The zero-order chi connectivity index (χ0) is 18.1. The SMILES string of the molecule is CCn1c(CNC(=O)[C@@H]2Oc3ccccc3O[C@H]2C)nc2ccccc21. The maximum Gasteiger partial charge on any atom is 0.265 e. The lowest BCUT2D eigenvalue weighted by Crippen LogP contribution is -2.49. The van der Waals surface area contributed by atoms with Gasteiger partial charge >= 0.3 is 0 Å². The Morgan fingerprint density at radius 2 is 1.81 bits per heavy atom. The first-order valence-corrected chi connectivity index (χ1v) is 8.81. The number of carbonyl (C=O) groups is 1. The number of nitrogens with zero attached hydrogens (tertiary/aromatic N) is 2. The largest absolute Gasteiger partial charge is 0.482 e. The van der Waals surface area contributed by atoms with Crippen LogP contribution in [0.1, 0.15) is 19.7 Å². The average Bonchev–Trinajstić information content (AvgIpc) is 3.03. The van der Waals surface area contributed by atoms with Crippen molar-refractivity contribution in [2.45, 2.75) is 39.1 Å². The highest BCUT2D eigenvalue weighted by molar-refractivity contribution is 5.82. The first-order valence-electron chi connectivity index (χ1n) is 8.81. The van der Waals surface area contributed by atoms with Crippen LogP contribution in [0, 0.1) is 0 Å². The van der Waals surface area contributed by atoms with E-state index in [0.717, 1.165) is 23.4 Å². The Balaban J connectivity index is 1.49. The topological polar surface area (TPSA) is 65.4 Å². The number of carbonyl (C=O) groups excluding carboxylic acids is 1. The maximum absolute atomic E-state index is 12.7. The molecule has 0 radical (unpaired) electrons. The molecule has 0 fully saturated rings. The van der Waals surface area contributed by atoms with Crippen molar-refractivity contribution in [2.75, 3.05) is 0 Å². The summed E-state index contributed by atoms with van der Waals surface area (Å²) in [5.74, 6) is 1.87. The van der Waals surface area contributed by atoms with E-state index < -0.39 is 6.10 Å². The van der Waals surface area contributed by atoms with Crippen molar-refractivity contribution in [1.82, 2.24) is 14.9 Å². The molecule has 0 saturated carbocycles. The number of imidazole rings is 1. The van der Waals surface area contributed by atoms with Gasteiger partial charge in [-0.15, -0.1) is 0 Å². The molecule has 2 heterocycles. The third-order valence-corrected chi connectivity index (χ3v) is 4.57. The van der Waals surface area contributed by atoms with E-state index in [1.54, 1.807) is 6.07 Å². The summed E-state index contributed by atoms with van der Waals surface area (Å²) in [5, 5.41) is 2.94. The van der Waals surface area contributed by atoms with Crippen LogP contribution in [0.3, 0.4) is 0 Å². The molecule has 1 N–H and O–H groups in total. The quantitative estimate of drug-likeness (QED) is 0.785. The van der Waals surface area contributed by atoms with Crippen molar-refractivity contribution >= 4 is 16.9 Å². The van der Waals surface area contributed by atoms with Crippen LogP contribution in [0.25, 0.3) is 11.0 Å². The highest BCUT2D eigenvalue weighted by atomic mass is 16.6. The summed E-state index contributed by atoms with van der Waals surface area (Å²) in [7, 11) is 0. The molecule has 134 valence electrons. The van der Waals surface area contributed by atoms with E-state index in [1.165, 1.54) is 0 Å². The summed E-state index contributed by atoms with van der Waals surface area (Å²) >= 11 is 0. The Bertz CT molecular complexity index is 950. The zero-order valence-electron chi connectivity index (χ0n) is 14.8. The minimum Gasteiger partial charge on any atom is -0.482 e.